The third-order valence-corrected chi connectivity index (χ3v) is 5.65. The summed E-state index contributed by atoms with van der Waals surface area (Å²) in [5.41, 5.74) is 6.26. The van der Waals surface area contributed by atoms with Crippen molar-refractivity contribution in [2.75, 3.05) is 26.7 Å². The molecule has 7 heteroatoms. The van der Waals surface area contributed by atoms with Gasteiger partial charge in [-0.2, -0.15) is 0 Å². The first-order valence-corrected chi connectivity index (χ1v) is 8.86. The van der Waals surface area contributed by atoms with Crippen LogP contribution in [0, 0.1) is 5.92 Å². The van der Waals surface area contributed by atoms with E-state index in [1.165, 1.54) is 28.2 Å². The van der Waals surface area contributed by atoms with Crippen LogP contribution < -0.4 is 10.9 Å². The molecule has 0 spiro atoms. The Balaban J connectivity index is 1.54. The third-order valence-electron chi connectivity index (χ3n) is 4.41. The Kier molecular flexibility index (Phi) is 4.99. The number of hydrogen-bond acceptors (Lipinski definition) is 5. The summed E-state index contributed by atoms with van der Waals surface area (Å²) >= 11 is 1.53. The van der Waals surface area contributed by atoms with Gasteiger partial charge in [0.05, 0.1) is 11.5 Å². The van der Waals surface area contributed by atoms with Crippen LogP contribution in [0.3, 0.4) is 0 Å². The average molecular weight is 337 g/mol. The van der Waals surface area contributed by atoms with E-state index in [4.69, 9.17) is 4.74 Å². The van der Waals surface area contributed by atoms with E-state index in [0.29, 0.717) is 23.9 Å². The van der Waals surface area contributed by atoms with Crippen molar-refractivity contribution in [2.45, 2.75) is 32.3 Å². The summed E-state index contributed by atoms with van der Waals surface area (Å²) in [7, 11) is 1.94. The standard InChI is InChI=1S/C16H23N3O3S/c1-10-3-4-13-11(7-10)8-14(23-13)16(21)18-17-15(20)12-9-19(2)5-6-22-12/h8,10,12H,3-7,9H2,1-2H3,(H,17,20)(H,18,21). The molecule has 0 bridgehead atoms. The summed E-state index contributed by atoms with van der Waals surface area (Å²) in [5, 5.41) is 0. The lowest BCUT2D eigenvalue weighted by molar-refractivity contribution is -0.138. The van der Waals surface area contributed by atoms with E-state index in [0.717, 1.165) is 19.4 Å². The van der Waals surface area contributed by atoms with E-state index < -0.39 is 6.10 Å². The molecule has 1 fully saturated rings. The number of thiophene rings is 1. The molecule has 2 atom stereocenters. The van der Waals surface area contributed by atoms with Gasteiger partial charge in [-0.05, 0) is 43.9 Å². The lowest BCUT2D eigenvalue weighted by atomic mass is 9.90. The quantitative estimate of drug-likeness (QED) is 0.789. The molecular formula is C16H23N3O3S. The Morgan fingerprint density at radius 3 is 3.00 bits per heavy atom. The van der Waals surface area contributed by atoms with Crippen molar-refractivity contribution >= 4 is 23.2 Å². The molecule has 2 aliphatic rings. The first kappa shape index (κ1) is 16.4. The zero-order valence-electron chi connectivity index (χ0n) is 13.6. The SMILES string of the molecule is CC1CCc2sc(C(=O)NNC(=O)C3CN(C)CCO3)cc2C1. The van der Waals surface area contributed by atoms with Crippen LogP contribution in [0.25, 0.3) is 0 Å². The molecule has 3 rings (SSSR count). The van der Waals surface area contributed by atoms with Crippen LogP contribution in [0.5, 0.6) is 0 Å². The number of carbonyl (C=O) groups excluding carboxylic acids is 2. The van der Waals surface area contributed by atoms with Gasteiger partial charge in [-0.25, -0.2) is 0 Å². The van der Waals surface area contributed by atoms with Crippen molar-refractivity contribution in [3.05, 3.63) is 21.4 Å². The van der Waals surface area contributed by atoms with Crippen LogP contribution >= 0.6 is 11.3 Å². The van der Waals surface area contributed by atoms with Crippen molar-refractivity contribution in [3.8, 4) is 0 Å². The Hall–Kier alpha value is -1.44. The molecule has 2 unspecified atom stereocenters. The van der Waals surface area contributed by atoms with Crippen molar-refractivity contribution in [2.24, 2.45) is 5.92 Å². The largest absolute Gasteiger partial charge is 0.366 e. The van der Waals surface area contributed by atoms with Crippen molar-refractivity contribution in [1.29, 1.82) is 0 Å². The lowest BCUT2D eigenvalue weighted by Gasteiger charge is -2.28. The summed E-state index contributed by atoms with van der Waals surface area (Å²) < 4.78 is 5.42. The summed E-state index contributed by atoms with van der Waals surface area (Å²) in [5.74, 6) is 0.113. The fourth-order valence-electron chi connectivity index (χ4n) is 3.01. The summed E-state index contributed by atoms with van der Waals surface area (Å²) in [6.45, 7) is 4.11. The number of likely N-dealkylation sites (N-methyl/N-ethyl adjacent to an activating group) is 1. The predicted octanol–water partition coefficient (Wildman–Crippen LogP) is 0.964. The zero-order chi connectivity index (χ0) is 16.4. The summed E-state index contributed by atoms with van der Waals surface area (Å²) in [6.07, 6.45) is 2.72. The van der Waals surface area contributed by atoms with Gasteiger partial charge in [0, 0.05) is 18.0 Å². The maximum Gasteiger partial charge on any atom is 0.279 e. The second kappa shape index (κ2) is 6.98. The topological polar surface area (TPSA) is 70.7 Å². The van der Waals surface area contributed by atoms with Crippen molar-refractivity contribution in [1.82, 2.24) is 15.8 Å². The van der Waals surface area contributed by atoms with Gasteiger partial charge in [0.15, 0.2) is 6.10 Å². The van der Waals surface area contributed by atoms with Gasteiger partial charge >= 0.3 is 0 Å². The number of morpholine rings is 1. The fraction of sp³-hybridized carbons (Fsp3) is 0.625. The van der Waals surface area contributed by atoms with Gasteiger partial charge in [-0.1, -0.05) is 6.92 Å². The van der Waals surface area contributed by atoms with Crippen LogP contribution in [0.4, 0.5) is 0 Å². The number of amides is 2. The highest BCUT2D eigenvalue weighted by atomic mass is 32.1. The molecule has 23 heavy (non-hydrogen) atoms. The zero-order valence-corrected chi connectivity index (χ0v) is 14.4. The average Bonchev–Trinajstić information content (AvgIpc) is 2.95. The second-order valence-corrected chi connectivity index (χ2v) is 7.61. The summed E-state index contributed by atoms with van der Waals surface area (Å²) in [6, 6.07) is 1.96. The van der Waals surface area contributed by atoms with Crippen molar-refractivity contribution < 1.29 is 14.3 Å². The second-order valence-electron chi connectivity index (χ2n) is 6.47. The van der Waals surface area contributed by atoms with E-state index in [2.05, 4.69) is 17.8 Å². The lowest BCUT2D eigenvalue weighted by Crippen LogP contribution is -2.52. The minimum Gasteiger partial charge on any atom is -0.366 e. The van der Waals surface area contributed by atoms with Crippen LogP contribution in [0.1, 0.15) is 33.5 Å². The number of fused-ring (bicyclic) bond motifs is 1. The molecule has 0 saturated carbocycles. The molecule has 0 aromatic carbocycles. The van der Waals surface area contributed by atoms with Crippen LogP contribution in [0.15, 0.2) is 6.07 Å². The Labute approximate surface area is 140 Å². The molecule has 2 amide bonds. The van der Waals surface area contributed by atoms with Crippen LogP contribution in [-0.4, -0.2) is 49.6 Å². The van der Waals surface area contributed by atoms with Gasteiger partial charge in [-0.15, -0.1) is 11.3 Å². The molecule has 2 N–H and O–H groups in total. The number of nitrogens with one attached hydrogen (secondary N) is 2. The molecule has 6 nitrogen and oxygen atoms in total. The molecule has 126 valence electrons. The highest BCUT2D eigenvalue weighted by Gasteiger charge is 2.26. The van der Waals surface area contributed by atoms with Gasteiger partial charge in [0.2, 0.25) is 0 Å². The number of rotatable bonds is 2. The van der Waals surface area contributed by atoms with Gasteiger partial charge in [-0.3, -0.25) is 20.4 Å². The van der Waals surface area contributed by atoms with E-state index in [-0.39, 0.29) is 11.8 Å². The van der Waals surface area contributed by atoms with Gasteiger partial charge in [0.1, 0.15) is 0 Å². The molecule has 1 aromatic rings. The molecule has 2 heterocycles. The molecule has 1 aliphatic heterocycles. The number of ether oxygens (including phenoxy) is 1. The third kappa shape index (κ3) is 3.91. The minimum absolute atomic E-state index is 0.255. The molecule has 1 aromatic heterocycles. The highest BCUT2D eigenvalue weighted by molar-refractivity contribution is 7.14. The smallest absolute Gasteiger partial charge is 0.279 e. The first-order valence-electron chi connectivity index (χ1n) is 8.05. The maximum atomic E-state index is 12.2. The van der Waals surface area contributed by atoms with E-state index >= 15 is 0 Å². The number of hydrazine groups is 1. The normalized spacial score (nSPS) is 24.8. The highest BCUT2D eigenvalue weighted by Crippen LogP contribution is 2.32. The van der Waals surface area contributed by atoms with E-state index in [1.54, 1.807) is 0 Å². The monoisotopic (exact) mass is 337 g/mol. The Morgan fingerprint density at radius 1 is 1.39 bits per heavy atom. The Bertz CT molecular complexity index is 601. The van der Waals surface area contributed by atoms with E-state index in [1.807, 2.05) is 18.0 Å². The summed E-state index contributed by atoms with van der Waals surface area (Å²) in [4.78, 5) is 28.3. The number of hydrogen-bond donors (Lipinski definition) is 2. The number of aryl methyl sites for hydroxylation is 1. The molecular weight excluding hydrogens is 314 g/mol. The molecule has 0 radical (unpaired) electrons. The number of carbonyl (C=O) groups is 2. The van der Waals surface area contributed by atoms with Crippen molar-refractivity contribution in [3.63, 3.8) is 0 Å². The van der Waals surface area contributed by atoms with E-state index in [9.17, 15) is 9.59 Å². The Morgan fingerprint density at radius 2 is 2.22 bits per heavy atom. The number of nitrogens with zero attached hydrogens (tertiary/aromatic N) is 1. The van der Waals surface area contributed by atoms with Crippen LogP contribution in [0.2, 0.25) is 0 Å². The maximum absolute atomic E-state index is 12.2. The van der Waals surface area contributed by atoms with Gasteiger partial charge < -0.3 is 9.64 Å². The predicted molar refractivity (Wildman–Crippen MR) is 88.4 cm³/mol. The fourth-order valence-corrected chi connectivity index (χ4v) is 4.12. The van der Waals surface area contributed by atoms with Gasteiger partial charge in [0.25, 0.3) is 11.8 Å². The first-order chi connectivity index (χ1) is 11.0. The minimum atomic E-state index is -0.536. The molecule has 1 aliphatic carbocycles. The van der Waals surface area contributed by atoms with Crippen LogP contribution in [-0.2, 0) is 22.4 Å². The molecule has 1 saturated heterocycles.